The molecule has 2 saturated carbocycles. The molecule has 0 aliphatic heterocycles. The largest absolute Gasteiger partial charge is 0.392 e. The van der Waals surface area contributed by atoms with Gasteiger partial charge in [-0.2, -0.15) is 0 Å². The molecule has 2 rings (SSSR count). The van der Waals surface area contributed by atoms with Crippen LogP contribution in [0.4, 0.5) is 0 Å². The molecule has 11 heavy (non-hydrogen) atoms. The van der Waals surface area contributed by atoms with Gasteiger partial charge in [0.2, 0.25) is 0 Å². The Labute approximate surface area is 66.5 Å². The molecule has 4 unspecified atom stereocenters. The molecule has 2 fully saturated rings. The average molecular weight is 154 g/mol. The normalized spacial score (nSPS) is 55.5. The number of rotatable bonds is 0. The van der Waals surface area contributed by atoms with Crippen molar-refractivity contribution in [3.8, 4) is 0 Å². The van der Waals surface area contributed by atoms with Crippen molar-refractivity contribution in [3.05, 3.63) is 12.2 Å². The molecular formula is C9H14O2. The van der Waals surface area contributed by atoms with Gasteiger partial charge >= 0.3 is 0 Å². The second kappa shape index (κ2) is 1.87. The maximum atomic E-state index is 9.71. The molecule has 0 aromatic carbocycles. The Kier molecular flexibility index (Phi) is 1.25. The Morgan fingerprint density at radius 2 is 2.18 bits per heavy atom. The quantitative estimate of drug-likeness (QED) is 0.504. The van der Waals surface area contributed by atoms with E-state index in [9.17, 15) is 10.2 Å². The number of fused-ring (bicyclic) bond motifs is 2. The molecule has 2 aliphatic rings. The van der Waals surface area contributed by atoms with Crippen molar-refractivity contribution in [2.45, 2.75) is 32.0 Å². The molecule has 2 N–H and O–H groups in total. The van der Waals surface area contributed by atoms with Crippen molar-refractivity contribution in [2.75, 3.05) is 0 Å². The minimum Gasteiger partial charge on any atom is -0.392 e. The van der Waals surface area contributed by atoms with E-state index in [0.717, 1.165) is 12.0 Å². The van der Waals surface area contributed by atoms with Crippen LogP contribution in [0.5, 0.6) is 0 Å². The van der Waals surface area contributed by atoms with Gasteiger partial charge < -0.3 is 10.2 Å². The van der Waals surface area contributed by atoms with Crippen LogP contribution in [0.3, 0.4) is 0 Å². The highest BCUT2D eigenvalue weighted by molar-refractivity contribution is 5.24. The second-order valence-corrected chi connectivity index (χ2v) is 4.14. The predicted octanol–water partition coefficient (Wildman–Crippen LogP) is 0.694. The van der Waals surface area contributed by atoms with Crippen LogP contribution in [0.2, 0.25) is 0 Å². The van der Waals surface area contributed by atoms with E-state index in [-0.39, 0.29) is 23.5 Å². The highest BCUT2D eigenvalue weighted by Crippen LogP contribution is 2.55. The lowest BCUT2D eigenvalue weighted by atomic mass is 9.82. The Bertz CT molecular complexity index is 212. The van der Waals surface area contributed by atoms with Gasteiger partial charge in [0.25, 0.3) is 0 Å². The van der Waals surface area contributed by atoms with Crippen LogP contribution < -0.4 is 0 Å². The predicted molar refractivity (Wildman–Crippen MR) is 42.0 cm³/mol. The lowest BCUT2D eigenvalue weighted by molar-refractivity contribution is 0.0000267. The zero-order valence-electron chi connectivity index (χ0n) is 6.75. The van der Waals surface area contributed by atoms with Crippen molar-refractivity contribution in [1.82, 2.24) is 0 Å². The van der Waals surface area contributed by atoms with Crippen LogP contribution in [0, 0.1) is 11.3 Å². The zero-order chi connectivity index (χ0) is 8.22. The van der Waals surface area contributed by atoms with Crippen LogP contribution in [0.15, 0.2) is 12.2 Å². The van der Waals surface area contributed by atoms with Crippen LogP contribution in [0.25, 0.3) is 0 Å². The molecular weight excluding hydrogens is 140 g/mol. The van der Waals surface area contributed by atoms with Gasteiger partial charge in [-0.3, -0.25) is 0 Å². The summed E-state index contributed by atoms with van der Waals surface area (Å²) in [4.78, 5) is 0. The molecule has 0 aromatic heterocycles. The SMILES string of the molecule is C=C1CC2(C)C(O)CC1C2O. The third kappa shape index (κ3) is 0.690. The Hall–Kier alpha value is -0.340. The lowest BCUT2D eigenvalue weighted by Crippen LogP contribution is -2.33. The Morgan fingerprint density at radius 3 is 2.45 bits per heavy atom. The maximum Gasteiger partial charge on any atom is 0.0687 e. The average Bonchev–Trinajstić information content (AvgIpc) is 2.23. The number of hydrogen-bond acceptors (Lipinski definition) is 2. The Morgan fingerprint density at radius 1 is 1.55 bits per heavy atom. The van der Waals surface area contributed by atoms with E-state index >= 15 is 0 Å². The van der Waals surface area contributed by atoms with Gasteiger partial charge in [0.05, 0.1) is 12.2 Å². The van der Waals surface area contributed by atoms with Gasteiger partial charge in [-0.1, -0.05) is 19.1 Å². The highest BCUT2D eigenvalue weighted by Gasteiger charge is 2.57. The molecule has 2 heteroatoms. The minimum absolute atomic E-state index is 0.162. The van der Waals surface area contributed by atoms with Gasteiger partial charge in [-0.25, -0.2) is 0 Å². The standard InChI is InChI=1S/C9H14O2/c1-5-4-9(2)7(10)3-6(5)8(9)11/h6-8,10-11H,1,3-4H2,2H3. The summed E-state index contributed by atoms with van der Waals surface area (Å²) < 4.78 is 0. The third-order valence-electron chi connectivity index (χ3n) is 3.43. The monoisotopic (exact) mass is 154 g/mol. The topological polar surface area (TPSA) is 40.5 Å². The Balaban J connectivity index is 2.37. The summed E-state index contributed by atoms with van der Waals surface area (Å²) in [5, 5.41) is 19.3. The maximum absolute atomic E-state index is 9.71. The van der Waals surface area contributed by atoms with Crippen LogP contribution in [-0.4, -0.2) is 22.4 Å². The van der Waals surface area contributed by atoms with E-state index < -0.39 is 0 Å². The molecule has 2 bridgehead atoms. The fraction of sp³-hybridized carbons (Fsp3) is 0.778. The van der Waals surface area contributed by atoms with Crippen LogP contribution >= 0.6 is 0 Å². The molecule has 0 amide bonds. The third-order valence-corrected chi connectivity index (χ3v) is 3.43. The molecule has 0 saturated heterocycles. The first kappa shape index (κ1) is 7.32. The van der Waals surface area contributed by atoms with E-state index in [1.54, 1.807) is 0 Å². The first-order chi connectivity index (χ1) is 5.05. The molecule has 4 atom stereocenters. The van der Waals surface area contributed by atoms with E-state index in [0.29, 0.717) is 6.42 Å². The molecule has 2 aliphatic carbocycles. The van der Waals surface area contributed by atoms with Gasteiger partial charge in [0, 0.05) is 11.3 Å². The number of aliphatic hydroxyl groups excluding tert-OH is 2. The molecule has 0 spiro atoms. The first-order valence-corrected chi connectivity index (χ1v) is 4.09. The van der Waals surface area contributed by atoms with Crippen LogP contribution in [-0.2, 0) is 0 Å². The van der Waals surface area contributed by atoms with E-state index in [1.165, 1.54) is 0 Å². The van der Waals surface area contributed by atoms with Gasteiger partial charge in [0.15, 0.2) is 0 Å². The zero-order valence-corrected chi connectivity index (χ0v) is 6.75. The van der Waals surface area contributed by atoms with E-state index in [2.05, 4.69) is 6.58 Å². The molecule has 0 heterocycles. The molecule has 2 nitrogen and oxygen atoms in total. The summed E-state index contributed by atoms with van der Waals surface area (Å²) in [5.74, 6) is 0.162. The van der Waals surface area contributed by atoms with Crippen LogP contribution in [0.1, 0.15) is 19.8 Å². The van der Waals surface area contributed by atoms with E-state index in [1.807, 2.05) is 6.92 Å². The highest BCUT2D eigenvalue weighted by atomic mass is 16.3. The second-order valence-electron chi connectivity index (χ2n) is 4.14. The molecule has 0 aromatic rings. The van der Waals surface area contributed by atoms with Crippen molar-refractivity contribution in [2.24, 2.45) is 11.3 Å². The van der Waals surface area contributed by atoms with Crippen molar-refractivity contribution < 1.29 is 10.2 Å². The summed E-state index contributed by atoms with van der Waals surface area (Å²) in [7, 11) is 0. The lowest BCUT2D eigenvalue weighted by Gasteiger charge is -2.28. The van der Waals surface area contributed by atoms with Crippen molar-refractivity contribution in [3.63, 3.8) is 0 Å². The summed E-state index contributed by atoms with van der Waals surface area (Å²) in [6, 6.07) is 0. The molecule has 62 valence electrons. The summed E-state index contributed by atoms with van der Waals surface area (Å²) >= 11 is 0. The summed E-state index contributed by atoms with van der Waals surface area (Å²) in [6.45, 7) is 5.84. The summed E-state index contributed by atoms with van der Waals surface area (Å²) in [5.41, 5.74) is 0.826. The van der Waals surface area contributed by atoms with Gasteiger partial charge in [-0.15, -0.1) is 0 Å². The summed E-state index contributed by atoms with van der Waals surface area (Å²) in [6.07, 6.45) is 0.814. The van der Waals surface area contributed by atoms with Gasteiger partial charge in [0.1, 0.15) is 0 Å². The first-order valence-electron chi connectivity index (χ1n) is 4.09. The minimum atomic E-state index is -0.356. The molecule has 0 radical (unpaired) electrons. The fourth-order valence-corrected chi connectivity index (χ4v) is 2.53. The van der Waals surface area contributed by atoms with Gasteiger partial charge in [-0.05, 0) is 12.8 Å². The number of aliphatic hydroxyl groups is 2. The fourth-order valence-electron chi connectivity index (χ4n) is 2.53. The van der Waals surface area contributed by atoms with Crippen molar-refractivity contribution >= 4 is 0 Å². The van der Waals surface area contributed by atoms with Crippen molar-refractivity contribution in [1.29, 1.82) is 0 Å². The van der Waals surface area contributed by atoms with E-state index in [4.69, 9.17) is 0 Å². The number of hydrogen-bond donors (Lipinski definition) is 2. The smallest absolute Gasteiger partial charge is 0.0687 e.